The van der Waals surface area contributed by atoms with Gasteiger partial charge in [-0.1, -0.05) is 0 Å². The van der Waals surface area contributed by atoms with Gasteiger partial charge in [0.05, 0.1) is 5.56 Å². The van der Waals surface area contributed by atoms with Crippen molar-refractivity contribution in [2.75, 3.05) is 25.2 Å². The van der Waals surface area contributed by atoms with Gasteiger partial charge >= 0.3 is 0 Å². The molecule has 16 heavy (non-hydrogen) atoms. The second-order valence-corrected chi connectivity index (χ2v) is 3.99. The van der Waals surface area contributed by atoms with Gasteiger partial charge in [-0.3, -0.25) is 4.79 Å². The zero-order valence-corrected chi connectivity index (χ0v) is 9.43. The van der Waals surface area contributed by atoms with E-state index in [4.69, 9.17) is 4.74 Å². The Labute approximate surface area is 95.2 Å². The van der Waals surface area contributed by atoms with E-state index < -0.39 is 0 Å². The van der Waals surface area contributed by atoms with Crippen molar-refractivity contribution in [3.63, 3.8) is 0 Å². The number of nitrogens with zero attached hydrogens (tertiary/aromatic N) is 2. The molecular formula is C12H16N2O2. The lowest BCUT2D eigenvalue weighted by Crippen LogP contribution is -2.37. The number of carbonyl (C=O) groups excluding carboxylic acids is 1. The molecule has 0 aliphatic carbocycles. The lowest BCUT2D eigenvalue weighted by atomic mass is 10.1. The third-order valence-electron chi connectivity index (χ3n) is 3.02. The van der Waals surface area contributed by atoms with E-state index >= 15 is 0 Å². The molecule has 1 aromatic heterocycles. The highest BCUT2D eigenvalue weighted by molar-refractivity contribution is 5.82. The van der Waals surface area contributed by atoms with Crippen LogP contribution in [0, 0.1) is 0 Å². The van der Waals surface area contributed by atoms with Crippen molar-refractivity contribution in [1.29, 1.82) is 0 Å². The van der Waals surface area contributed by atoms with E-state index in [-0.39, 0.29) is 0 Å². The van der Waals surface area contributed by atoms with Gasteiger partial charge < -0.3 is 9.64 Å². The first-order chi connectivity index (χ1) is 7.83. The second-order valence-electron chi connectivity index (χ2n) is 3.99. The van der Waals surface area contributed by atoms with Gasteiger partial charge in [0.25, 0.3) is 0 Å². The quantitative estimate of drug-likeness (QED) is 0.724. The number of anilines is 1. The topological polar surface area (TPSA) is 42.4 Å². The van der Waals surface area contributed by atoms with E-state index in [1.807, 2.05) is 7.05 Å². The van der Waals surface area contributed by atoms with Crippen molar-refractivity contribution in [2.45, 2.75) is 18.9 Å². The van der Waals surface area contributed by atoms with Gasteiger partial charge in [0.2, 0.25) is 0 Å². The molecule has 0 saturated carbocycles. The predicted molar refractivity (Wildman–Crippen MR) is 61.9 cm³/mol. The zero-order valence-electron chi connectivity index (χ0n) is 9.43. The molecule has 1 fully saturated rings. The first-order valence-electron chi connectivity index (χ1n) is 5.53. The maximum absolute atomic E-state index is 10.9. The highest BCUT2D eigenvalue weighted by atomic mass is 16.5. The van der Waals surface area contributed by atoms with E-state index in [1.165, 1.54) is 0 Å². The van der Waals surface area contributed by atoms with E-state index in [9.17, 15) is 4.79 Å². The van der Waals surface area contributed by atoms with Gasteiger partial charge in [-0.25, -0.2) is 4.98 Å². The third-order valence-corrected chi connectivity index (χ3v) is 3.02. The molecule has 1 saturated heterocycles. The van der Waals surface area contributed by atoms with Crippen LogP contribution >= 0.6 is 0 Å². The summed E-state index contributed by atoms with van der Waals surface area (Å²) in [5.74, 6) is 0.768. The van der Waals surface area contributed by atoms with Gasteiger partial charge in [0, 0.05) is 32.5 Å². The lowest BCUT2D eigenvalue weighted by Gasteiger charge is -2.32. The molecule has 1 aliphatic rings. The average molecular weight is 220 g/mol. The smallest absolute Gasteiger partial charge is 0.153 e. The molecule has 2 heterocycles. The minimum atomic E-state index is 0.419. The standard InChI is InChI=1S/C12H16N2O2/c1-14(11-4-7-16-8-5-11)12-10(9-15)3-2-6-13-12/h2-3,6,9,11H,4-5,7-8H2,1H3. The zero-order chi connectivity index (χ0) is 11.4. The predicted octanol–water partition coefficient (Wildman–Crippen LogP) is 1.51. The molecule has 0 N–H and O–H groups in total. The number of pyridine rings is 1. The van der Waals surface area contributed by atoms with Crippen LogP contribution in [0.1, 0.15) is 23.2 Å². The van der Waals surface area contributed by atoms with Crippen LogP contribution < -0.4 is 4.90 Å². The summed E-state index contributed by atoms with van der Waals surface area (Å²) in [5, 5.41) is 0. The first-order valence-corrected chi connectivity index (χ1v) is 5.53. The first kappa shape index (κ1) is 11.1. The van der Waals surface area contributed by atoms with Crippen LogP contribution in [0.5, 0.6) is 0 Å². The summed E-state index contributed by atoms with van der Waals surface area (Å²) < 4.78 is 5.33. The molecule has 1 aliphatic heterocycles. The number of rotatable bonds is 3. The van der Waals surface area contributed by atoms with Gasteiger partial charge in [0.1, 0.15) is 5.82 Å². The van der Waals surface area contributed by atoms with Gasteiger partial charge in [0.15, 0.2) is 6.29 Å². The van der Waals surface area contributed by atoms with Crippen LogP contribution in [-0.4, -0.2) is 37.6 Å². The van der Waals surface area contributed by atoms with E-state index in [0.29, 0.717) is 11.6 Å². The van der Waals surface area contributed by atoms with Crippen molar-refractivity contribution in [2.24, 2.45) is 0 Å². The minimum Gasteiger partial charge on any atom is -0.381 e. The van der Waals surface area contributed by atoms with Crippen molar-refractivity contribution in [3.05, 3.63) is 23.9 Å². The number of hydrogen-bond donors (Lipinski definition) is 0. The highest BCUT2D eigenvalue weighted by Crippen LogP contribution is 2.21. The maximum Gasteiger partial charge on any atom is 0.153 e. The van der Waals surface area contributed by atoms with E-state index in [0.717, 1.165) is 38.2 Å². The largest absolute Gasteiger partial charge is 0.381 e. The van der Waals surface area contributed by atoms with Gasteiger partial charge in [-0.05, 0) is 25.0 Å². The molecule has 4 heteroatoms. The van der Waals surface area contributed by atoms with Crippen molar-refractivity contribution < 1.29 is 9.53 Å². The Hall–Kier alpha value is -1.42. The Bertz CT molecular complexity index is 362. The molecule has 0 aromatic carbocycles. The Morgan fingerprint density at radius 1 is 1.50 bits per heavy atom. The van der Waals surface area contributed by atoms with E-state index in [1.54, 1.807) is 18.3 Å². The normalized spacial score (nSPS) is 17.1. The van der Waals surface area contributed by atoms with Crippen LogP contribution in [0.15, 0.2) is 18.3 Å². The summed E-state index contributed by atoms with van der Waals surface area (Å²) in [6, 6.07) is 4.00. The minimum absolute atomic E-state index is 0.419. The molecule has 0 bridgehead atoms. The fourth-order valence-corrected chi connectivity index (χ4v) is 2.04. The molecular weight excluding hydrogens is 204 g/mol. The molecule has 0 unspecified atom stereocenters. The van der Waals surface area contributed by atoms with Crippen molar-refractivity contribution in [3.8, 4) is 0 Å². The molecule has 2 rings (SSSR count). The fourth-order valence-electron chi connectivity index (χ4n) is 2.04. The summed E-state index contributed by atoms with van der Waals surface area (Å²) >= 11 is 0. The molecule has 0 spiro atoms. The van der Waals surface area contributed by atoms with Crippen LogP contribution in [0.4, 0.5) is 5.82 Å². The molecule has 0 atom stereocenters. The maximum atomic E-state index is 10.9. The number of ether oxygens (including phenoxy) is 1. The number of hydrogen-bond acceptors (Lipinski definition) is 4. The van der Waals surface area contributed by atoms with Crippen LogP contribution in [-0.2, 0) is 4.74 Å². The second kappa shape index (κ2) is 5.07. The number of aromatic nitrogens is 1. The Balaban J connectivity index is 2.18. The van der Waals surface area contributed by atoms with Crippen molar-refractivity contribution in [1.82, 2.24) is 4.98 Å². The SMILES string of the molecule is CN(c1ncccc1C=O)C1CCOCC1. The highest BCUT2D eigenvalue weighted by Gasteiger charge is 2.20. The summed E-state index contributed by atoms with van der Waals surface area (Å²) in [4.78, 5) is 17.3. The molecule has 4 nitrogen and oxygen atoms in total. The molecule has 86 valence electrons. The van der Waals surface area contributed by atoms with Crippen LogP contribution in [0.3, 0.4) is 0 Å². The van der Waals surface area contributed by atoms with Gasteiger partial charge in [-0.2, -0.15) is 0 Å². The fraction of sp³-hybridized carbons (Fsp3) is 0.500. The van der Waals surface area contributed by atoms with Crippen LogP contribution in [0.2, 0.25) is 0 Å². The Morgan fingerprint density at radius 3 is 2.94 bits per heavy atom. The monoisotopic (exact) mass is 220 g/mol. The third kappa shape index (κ3) is 2.22. The summed E-state index contributed by atoms with van der Waals surface area (Å²) in [6.45, 7) is 1.58. The summed E-state index contributed by atoms with van der Waals surface area (Å²) in [7, 11) is 1.99. The summed E-state index contributed by atoms with van der Waals surface area (Å²) in [5.41, 5.74) is 0.650. The molecule has 0 radical (unpaired) electrons. The Kier molecular flexibility index (Phi) is 3.51. The Morgan fingerprint density at radius 2 is 2.25 bits per heavy atom. The average Bonchev–Trinajstić information content (AvgIpc) is 2.39. The van der Waals surface area contributed by atoms with E-state index in [2.05, 4.69) is 9.88 Å². The van der Waals surface area contributed by atoms with Crippen LogP contribution in [0.25, 0.3) is 0 Å². The number of aldehydes is 1. The summed E-state index contributed by atoms with van der Waals surface area (Å²) in [6.07, 6.45) is 4.56. The number of carbonyl (C=O) groups is 1. The van der Waals surface area contributed by atoms with Crippen molar-refractivity contribution >= 4 is 12.1 Å². The van der Waals surface area contributed by atoms with Gasteiger partial charge in [-0.15, -0.1) is 0 Å². The molecule has 0 amide bonds. The lowest BCUT2D eigenvalue weighted by molar-refractivity contribution is 0.0853. The molecule has 1 aromatic rings.